The minimum absolute atomic E-state index is 0. The van der Waals surface area contributed by atoms with Crippen LogP contribution in [0, 0.1) is 11.7 Å². The molecule has 0 spiro atoms. The molecule has 158 valence electrons. The van der Waals surface area contributed by atoms with Crippen molar-refractivity contribution < 1.29 is 9.18 Å². The molecule has 2 rings (SSSR count). The lowest BCUT2D eigenvalue weighted by Gasteiger charge is -2.34. The van der Waals surface area contributed by atoms with E-state index in [1.54, 1.807) is 24.9 Å². The van der Waals surface area contributed by atoms with Crippen LogP contribution >= 0.6 is 35.7 Å². The number of piperidine rings is 1. The second-order valence-corrected chi connectivity index (χ2v) is 7.79. The van der Waals surface area contributed by atoms with Gasteiger partial charge in [0.25, 0.3) is 0 Å². The Labute approximate surface area is 189 Å². The van der Waals surface area contributed by atoms with E-state index < -0.39 is 0 Å². The molecular formula is C20H32FIN4OS. The highest BCUT2D eigenvalue weighted by Gasteiger charge is 2.22. The number of thioether (sulfide) groups is 1. The summed E-state index contributed by atoms with van der Waals surface area (Å²) in [4.78, 5) is 18.6. The van der Waals surface area contributed by atoms with E-state index in [0.29, 0.717) is 24.6 Å². The number of likely N-dealkylation sites (tertiary alicyclic amines) is 1. The molecule has 1 aromatic carbocycles. The van der Waals surface area contributed by atoms with Crippen LogP contribution in [0.2, 0.25) is 0 Å². The van der Waals surface area contributed by atoms with Gasteiger partial charge in [-0.05, 0) is 37.3 Å². The summed E-state index contributed by atoms with van der Waals surface area (Å²) in [7, 11) is 1.69. The van der Waals surface area contributed by atoms with Crippen LogP contribution in [0.4, 0.5) is 4.39 Å². The van der Waals surface area contributed by atoms with E-state index in [-0.39, 0.29) is 35.7 Å². The van der Waals surface area contributed by atoms with E-state index in [0.717, 1.165) is 49.8 Å². The number of nitrogens with zero attached hydrogens (tertiary/aromatic N) is 2. The highest BCUT2D eigenvalue weighted by atomic mass is 127. The molecule has 0 saturated carbocycles. The number of carbonyl (C=O) groups excluding carboxylic acids is 1. The lowest BCUT2D eigenvalue weighted by atomic mass is 9.93. The molecule has 0 radical (unpaired) electrons. The highest BCUT2D eigenvalue weighted by Crippen LogP contribution is 2.20. The molecule has 0 unspecified atom stereocenters. The van der Waals surface area contributed by atoms with E-state index in [1.165, 1.54) is 6.07 Å². The summed E-state index contributed by atoms with van der Waals surface area (Å²) in [5.74, 6) is 2.92. The monoisotopic (exact) mass is 522 g/mol. The normalized spacial score (nSPS) is 15.1. The molecule has 0 bridgehead atoms. The van der Waals surface area contributed by atoms with Crippen LogP contribution in [-0.2, 0) is 10.5 Å². The standard InChI is InChI=1S/C20H31FN4OS.HI/c1-3-23-20(25-11-8-16(9-12-25)14-19(26)22-2)24-10-13-27-15-17-6-4-5-7-18(17)21;/h4-7,16H,3,8-15H2,1-2H3,(H,22,26)(H,23,24);1H. The molecule has 8 heteroatoms. The number of benzene rings is 1. The van der Waals surface area contributed by atoms with E-state index in [9.17, 15) is 9.18 Å². The van der Waals surface area contributed by atoms with Crippen LogP contribution in [0.5, 0.6) is 0 Å². The van der Waals surface area contributed by atoms with Crippen molar-refractivity contribution in [2.75, 3.05) is 39.0 Å². The van der Waals surface area contributed by atoms with E-state index >= 15 is 0 Å². The molecule has 1 heterocycles. The highest BCUT2D eigenvalue weighted by molar-refractivity contribution is 14.0. The van der Waals surface area contributed by atoms with Crippen molar-refractivity contribution in [3.05, 3.63) is 35.6 Å². The zero-order valence-corrected chi connectivity index (χ0v) is 19.9. The van der Waals surface area contributed by atoms with Gasteiger partial charge in [-0.1, -0.05) is 18.2 Å². The second kappa shape index (κ2) is 14.0. The van der Waals surface area contributed by atoms with E-state index in [4.69, 9.17) is 4.99 Å². The second-order valence-electron chi connectivity index (χ2n) is 6.69. The first-order chi connectivity index (χ1) is 13.1. The van der Waals surface area contributed by atoms with Gasteiger partial charge in [0.05, 0.1) is 6.54 Å². The van der Waals surface area contributed by atoms with Crippen LogP contribution in [0.15, 0.2) is 29.3 Å². The number of carbonyl (C=O) groups is 1. The number of halogens is 2. The summed E-state index contributed by atoms with van der Waals surface area (Å²) in [5.41, 5.74) is 0.747. The molecular weight excluding hydrogens is 490 g/mol. The maximum atomic E-state index is 13.6. The lowest BCUT2D eigenvalue weighted by molar-refractivity contribution is -0.121. The number of nitrogens with one attached hydrogen (secondary N) is 2. The molecule has 0 aliphatic carbocycles. The number of rotatable bonds is 8. The largest absolute Gasteiger partial charge is 0.359 e. The smallest absolute Gasteiger partial charge is 0.220 e. The van der Waals surface area contributed by atoms with Crippen LogP contribution in [0.1, 0.15) is 31.7 Å². The molecule has 5 nitrogen and oxygen atoms in total. The number of amides is 1. The molecule has 28 heavy (non-hydrogen) atoms. The van der Waals surface area contributed by atoms with Crippen molar-refractivity contribution in [1.29, 1.82) is 0 Å². The van der Waals surface area contributed by atoms with Crippen molar-refractivity contribution in [3.8, 4) is 0 Å². The van der Waals surface area contributed by atoms with Crippen LogP contribution < -0.4 is 10.6 Å². The van der Waals surface area contributed by atoms with Gasteiger partial charge < -0.3 is 15.5 Å². The van der Waals surface area contributed by atoms with Gasteiger partial charge in [0.2, 0.25) is 5.91 Å². The average molecular weight is 522 g/mol. The van der Waals surface area contributed by atoms with Crippen molar-refractivity contribution in [2.24, 2.45) is 10.9 Å². The number of aliphatic imine (C=N–C) groups is 1. The summed E-state index contributed by atoms with van der Waals surface area (Å²) < 4.78 is 13.6. The molecule has 0 atom stereocenters. The molecule has 1 aromatic rings. The Balaban J connectivity index is 0.00000392. The number of hydrogen-bond acceptors (Lipinski definition) is 3. The maximum Gasteiger partial charge on any atom is 0.220 e. The number of guanidine groups is 1. The minimum Gasteiger partial charge on any atom is -0.359 e. The summed E-state index contributed by atoms with van der Waals surface area (Å²) in [6.45, 7) is 5.46. The van der Waals surface area contributed by atoms with Gasteiger partial charge in [-0.2, -0.15) is 11.8 Å². The van der Waals surface area contributed by atoms with Crippen LogP contribution in [0.25, 0.3) is 0 Å². The summed E-state index contributed by atoms with van der Waals surface area (Å²) in [5, 5.41) is 6.07. The zero-order chi connectivity index (χ0) is 19.5. The first kappa shape index (κ1) is 25.0. The van der Waals surface area contributed by atoms with Crippen molar-refractivity contribution in [2.45, 2.75) is 31.9 Å². The molecule has 2 N–H and O–H groups in total. The topological polar surface area (TPSA) is 56.7 Å². The number of hydrogen-bond donors (Lipinski definition) is 2. The Morgan fingerprint density at radius 1 is 1.32 bits per heavy atom. The Bertz CT molecular complexity index is 624. The van der Waals surface area contributed by atoms with Gasteiger partial charge in [-0.15, -0.1) is 24.0 Å². The third kappa shape index (κ3) is 8.55. The zero-order valence-electron chi connectivity index (χ0n) is 16.7. The summed E-state index contributed by atoms with van der Waals surface area (Å²) in [6, 6.07) is 6.92. The van der Waals surface area contributed by atoms with Crippen molar-refractivity contribution >= 4 is 47.6 Å². The van der Waals surface area contributed by atoms with Gasteiger partial charge in [-0.25, -0.2) is 4.39 Å². The average Bonchev–Trinajstić information content (AvgIpc) is 2.69. The fourth-order valence-electron chi connectivity index (χ4n) is 3.15. The van der Waals surface area contributed by atoms with Crippen LogP contribution in [-0.4, -0.2) is 55.7 Å². The first-order valence-corrected chi connectivity index (χ1v) is 10.8. The molecule has 1 amide bonds. The molecule has 1 saturated heterocycles. The lowest BCUT2D eigenvalue weighted by Crippen LogP contribution is -2.46. The van der Waals surface area contributed by atoms with Gasteiger partial charge >= 0.3 is 0 Å². The minimum atomic E-state index is -0.138. The van der Waals surface area contributed by atoms with Gasteiger partial charge in [0, 0.05) is 44.6 Å². The third-order valence-corrected chi connectivity index (χ3v) is 5.70. The Morgan fingerprint density at radius 2 is 2.04 bits per heavy atom. The predicted molar refractivity (Wildman–Crippen MR) is 127 cm³/mol. The fourth-order valence-corrected chi connectivity index (χ4v) is 3.97. The molecule has 1 fully saturated rings. The Hall–Kier alpha value is -1.03. The molecule has 1 aliphatic rings. The van der Waals surface area contributed by atoms with Crippen molar-refractivity contribution in [1.82, 2.24) is 15.5 Å². The first-order valence-electron chi connectivity index (χ1n) is 9.69. The van der Waals surface area contributed by atoms with Gasteiger partial charge in [0.15, 0.2) is 5.96 Å². The molecule has 0 aromatic heterocycles. The Kier molecular flexibility index (Phi) is 12.5. The third-order valence-electron chi connectivity index (χ3n) is 4.71. The Morgan fingerprint density at radius 3 is 2.68 bits per heavy atom. The van der Waals surface area contributed by atoms with E-state index in [1.807, 2.05) is 12.1 Å². The summed E-state index contributed by atoms with van der Waals surface area (Å²) >= 11 is 1.70. The van der Waals surface area contributed by atoms with Crippen LogP contribution in [0.3, 0.4) is 0 Å². The van der Waals surface area contributed by atoms with Gasteiger partial charge in [-0.3, -0.25) is 9.79 Å². The van der Waals surface area contributed by atoms with Crippen molar-refractivity contribution in [3.63, 3.8) is 0 Å². The SMILES string of the molecule is CCNC(=NCCSCc1ccccc1F)N1CCC(CC(=O)NC)CC1.I. The van der Waals surface area contributed by atoms with Gasteiger partial charge in [0.1, 0.15) is 5.82 Å². The maximum absolute atomic E-state index is 13.6. The summed E-state index contributed by atoms with van der Waals surface area (Å²) in [6.07, 6.45) is 2.64. The molecule has 1 aliphatic heterocycles. The van der Waals surface area contributed by atoms with E-state index in [2.05, 4.69) is 22.5 Å². The quantitative estimate of drug-likeness (QED) is 0.238. The predicted octanol–water partition coefficient (Wildman–Crippen LogP) is 3.49. The fraction of sp³-hybridized carbons (Fsp3) is 0.600.